The highest BCUT2D eigenvalue weighted by Crippen LogP contribution is 2.10. The first-order valence-corrected chi connectivity index (χ1v) is 7.68. The Morgan fingerprint density at radius 1 is 1.33 bits per heavy atom. The third kappa shape index (κ3) is 7.32. The van der Waals surface area contributed by atoms with Gasteiger partial charge in [-0.25, -0.2) is 4.79 Å². The summed E-state index contributed by atoms with van der Waals surface area (Å²) in [6.45, 7) is 11.1. The molecule has 21 heavy (non-hydrogen) atoms. The average Bonchev–Trinajstić information content (AvgIpc) is 2.77. The lowest BCUT2D eigenvalue weighted by molar-refractivity contribution is -0.124. The second kappa shape index (κ2) is 7.64. The van der Waals surface area contributed by atoms with Crippen molar-refractivity contribution in [2.45, 2.75) is 65.1 Å². The lowest BCUT2D eigenvalue weighted by Crippen LogP contribution is -2.51. The van der Waals surface area contributed by atoms with E-state index in [9.17, 15) is 9.59 Å². The van der Waals surface area contributed by atoms with Crippen molar-refractivity contribution in [3.63, 3.8) is 0 Å². The number of carbonyl (C=O) groups excluding carboxylic acids is 2. The predicted octanol–water partition coefficient (Wildman–Crippen LogP) is 1.40. The van der Waals surface area contributed by atoms with Crippen LogP contribution in [-0.2, 0) is 9.53 Å². The van der Waals surface area contributed by atoms with Crippen LogP contribution in [-0.4, -0.2) is 42.8 Å². The third-order valence-electron chi connectivity index (χ3n) is 3.12. The second-order valence-corrected chi connectivity index (χ2v) is 7.03. The summed E-state index contributed by atoms with van der Waals surface area (Å²) in [6.07, 6.45) is 0.963. The Labute approximate surface area is 127 Å². The van der Waals surface area contributed by atoms with Crippen molar-refractivity contribution in [3.8, 4) is 0 Å². The molecule has 1 saturated heterocycles. The quantitative estimate of drug-likeness (QED) is 0.717. The maximum Gasteiger partial charge on any atom is 0.408 e. The lowest BCUT2D eigenvalue weighted by Gasteiger charge is -2.25. The fourth-order valence-electron chi connectivity index (χ4n) is 2.23. The topological polar surface area (TPSA) is 79.5 Å². The first-order valence-electron chi connectivity index (χ1n) is 7.68. The predicted molar refractivity (Wildman–Crippen MR) is 82.0 cm³/mol. The van der Waals surface area contributed by atoms with E-state index in [2.05, 4.69) is 16.0 Å². The van der Waals surface area contributed by atoms with Crippen LogP contribution in [0, 0.1) is 5.92 Å². The van der Waals surface area contributed by atoms with Gasteiger partial charge in [0.2, 0.25) is 5.91 Å². The van der Waals surface area contributed by atoms with Crippen molar-refractivity contribution < 1.29 is 14.3 Å². The number of alkyl carbamates (subject to hydrolysis) is 1. The minimum atomic E-state index is -0.571. The molecule has 0 aliphatic carbocycles. The summed E-state index contributed by atoms with van der Waals surface area (Å²) in [7, 11) is 0. The molecule has 1 heterocycles. The van der Waals surface area contributed by atoms with Crippen LogP contribution in [0.3, 0.4) is 0 Å². The number of hydrogen-bond acceptors (Lipinski definition) is 4. The van der Waals surface area contributed by atoms with Crippen LogP contribution >= 0.6 is 0 Å². The van der Waals surface area contributed by atoms with E-state index in [-0.39, 0.29) is 11.9 Å². The van der Waals surface area contributed by atoms with Gasteiger partial charge in [0.15, 0.2) is 0 Å². The van der Waals surface area contributed by atoms with Gasteiger partial charge in [0.1, 0.15) is 11.6 Å². The molecule has 2 atom stereocenters. The maximum absolute atomic E-state index is 12.3. The normalized spacial score (nSPS) is 20.2. The van der Waals surface area contributed by atoms with Crippen molar-refractivity contribution in [3.05, 3.63) is 0 Å². The molecular weight excluding hydrogens is 270 g/mol. The van der Waals surface area contributed by atoms with Gasteiger partial charge in [-0.05, 0) is 46.1 Å². The van der Waals surface area contributed by atoms with Crippen LogP contribution in [0.15, 0.2) is 0 Å². The standard InChI is InChI=1S/C15H29N3O3/c1-10(2)8-12(18-14(20)21-15(3,4)5)13(19)17-11-6-7-16-9-11/h10-12,16H,6-9H2,1-5H3,(H,17,19)(H,18,20)/t11-,12-/m0/s1. The minimum absolute atomic E-state index is 0.136. The second-order valence-electron chi connectivity index (χ2n) is 7.03. The Morgan fingerprint density at radius 2 is 2.00 bits per heavy atom. The molecule has 1 fully saturated rings. The average molecular weight is 299 g/mol. The number of rotatable bonds is 5. The van der Waals surface area contributed by atoms with Gasteiger partial charge in [0.05, 0.1) is 0 Å². The Hall–Kier alpha value is -1.30. The van der Waals surface area contributed by atoms with Crippen LogP contribution in [0.5, 0.6) is 0 Å². The first-order chi connectivity index (χ1) is 9.67. The highest BCUT2D eigenvalue weighted by molar-refractivity contribution is 5.85. The highest BCUT2D eigenvalue weighted by Gasteiger charge is 2.27. The summed E-state index contributed by atoms with van der Waals surface area (Å²) in [5, 5.41) is 8.87. The summed E-state index contributed by atoms with van der Waals surface area (Å²) in [5.41, 5.74) is -0.571. The fraction of sp³-hybridized carbons (Fsp3) is 0.867. The molecule has 0 bridgehead atoms. The smallest absolute Gasteiger partial charge is 0.408 e. The van der Waals surface area contributed by atoms with E-state index in [4.69, 9.17) is 4.74 Å². The molecule has 6 heteroatoms. The van der Waals surface area contributed by atoms with Crippen LogP contribution in [0.25, 0.3) is 0 Å². The van der Waals surface area contributed by atoms with Crippen molar-refractivity contribution >= 4 is 12.0 Å². The van der Waals surface area contributed by atoms with Gasteiger partial charge in [0, 0.05) is 12.6 Å². The Kier molecular flexibility index (Phi) is 6.45. The Morgan fingerprint density at radius 3 is 2.48 bits per heavy atom. The molecule has 1 aliphatic rings. The number of nitrogens with one attached hydrogen (secondary N) is 3. The largest absolute Gasteiger partial charge is 0.444 e. The SMILES string of the molecule is CC(C)C[C@H](NC(=O)OC(C)(C)C)C(=O)N[C@H]1CCNC1. The third-order valence-corrected chi connectivity index (χ3v) is 3.12. The maximum atomic E-state index is 12.3. The molecule has 6 nitrogen and oxygen atoms in total. The first kappa shape index (κ1) is 17.8. The van der Waals surface area contributed by atoms with Crippen molar-refractivity contribution in [1.29, 1.82) is 0 Å². The van der Waals surface area contributed by atoms with E-state index in [0.717, 1.165) is 19.5 Å². The van der Waals surface area contributed by atoms with Gasteiger partial charge in [-0.2, -0.15) is 0 Å². The molecule has 1 rings (SSSR count). The van der Waals surface area contributed by atoms with E-state index in [1.54, 1.807) is 20.8 Å². The summed E-state index contributed by atoms with van der Waals surface area (Å²) >= 11 is 0. The number of hydrogen-bond donors (Lipinski definition) is 3. The summed E-state index contributed by atoms with van der Waals surface area (Å²) in [4.78, 5) is 24.2. The zero-order valence-electron chi connectivity index (χ0n) is 13.8. The van der Waals surface area contributed by atoms with Gasteiger partial charge in [-0.1, -0.05) is 13.8 Å². The molecular formula is C15H29N3O3. The van der Waals surface area contributed by atoms with Crippen molar-refractivity contribution in [1.82, 2.24) is 16.0 Å². The molecule has 122 valence electrons. The van der Waals surface area contributed by atoms with Crippen LogP contribution in [0.2, 0.25) is 0 Å². The summed E-state index contributed by atoms with van der Waals surface area (Å²) in [5.74, 6) is 0.167. The van der Waals surface area contributed by atoms with E-state index in [1.807, 2.05) is 13.8 Å². The molecule has 1 aliphatic heterocycles. The van der Waals surface area contributed by atoms with Crippen LogP contribution < -0.4 is 16.0 Å². The Balaban J connectivity index is 2.57. The van der Waals surface area contributed by atoms with Crippen molar-refractivity contribution in [2.24, 2.45) is 5.92 Å². The van der Waals surface area contributed by atoms with Gasteiger partial charge in [0.25, 0.3) is 0 Å². The molecule has 0 saturated carbocycles. The number of carbonyl (C=O) groups is 2. The zero-order valence-corrected chi connectivity index (χ0v) is 13.8. The molecule has 0 unspecified atom stereocenters. The monoisotopic (exact) mass is 299 g/mol. The minimum Gasteiger partial charge on any atom is -0.444 e. The summed E-state index contributed by atoms with van der Waals surface area (Å²) in [6, 6.07) is -0.409. The van der Waals surface area contributed by atoms with Gasteiger partial charge in [-0.3, -0.25) is 4.79 Å². The fourth-order valence-corrected chi connectivity index (χ4v) is 2.23. The van der Waals surface area contributed by atoms with Gasteiger partial charge < -0.3 is 20.7 Å². The molecule has 0 spiro atoms. The van der Waals surface area contributed by atoms with E-state index in [1.165, 1.54) is 0 Å². The molecule has 0 aromatic heterocycles. The highest BCUT2D eigenvalue weighted by atomic mass is 16.6. The van der Waals surface area contributed by atoms with Crippen molar-refractivity contribution in [2.75, 3.05) is 13.1 Å². The molecule has 0 aromatic rings. The lowest BCUT2D eigenvalue weighted by atomic mass is 10.0. The Bertz CT molecular complexity index is 358. The number of ether oxygens (including phenoxy) is 1. The molecule has 0 radical (unpaired) electrons. The zero-order chi connectivity index (χ0) is 16.0. The molecule has 0 aromatic carbocycles. The van der Waals surface area contributed by atoms with Crippen LogP contribution in [0.4, 0.5) is 4.79 Å². The van der Waals surface area contributed by atoms with Gasteiger partial charge >= 0.3 is 6.09 Å². The molecule has 2 amide bonds. The van der Waals surface area contributed by atoms with E-state index < -0.39 is 17.7 Å². The van der Waals surface area contributed by atoms with E-state index in [0.29, 0.717) is 12.3 Å². The number of amides is 2. The van der Waals surface area contributed by atoms with Crippen LogP contribution in [0.1, 0.15) is 47.5 Å². The van der Waals surface area contributed by atoms with E-state index >= 15 is 0 Å². The summed E-state index contributed by atoms with van der Waals surface area (Å²) < 4.78 is 5.23. The van der Waals surface area contributed by atoms with Gasteiger partial charge in [-0.15, -0.1) is 0 Å². The molecule has 3 N–H and O–H groups in total.